The van der Waals surface area contributed by atoms with E-state index in [0.29, 0.717) is 17.7 Å². The summed E-state index contributed by atoms with van der Waals surface area (Å²) in [4.78, 5) is 28.5. The van der Waals surface area contributed by atoms with Gasteiger partial charge in [0.1, 0.15) is 18.3 Å². The van der Waals surface area contributed by atoms with Crippen LogP contribution in [0.1, 0.15) is 32.8 Å². The number of benzene rings is 3. The normalized spacial score (nSPS) is 12.8. The third-order valence-corrected chi connectivity index (χ3v) is 9.05. The summed E-state index contributed by atoms with van der Waals surface area (Å²) in [5.41, 5.74) is 0.749. The number of rotatable bonds is 12. The lowest BCUT2D eigenvalue weighted by atomic mass is 10.1. The largest absolute Gasteiger partial charge is 0.497 e. The van der Waals surface area contributed by atoms with Gasteiger partial charge in [-0.15, -0.1) is 0 Å². The van der Waals surface area contributed by atoms with Gasteiger partial charge in [-0.25, -0.2) is 8.42 Å². The van der Waals surface area contributed by atoms with E-state index in [1.165, 1.54) is 36.3 Å². The summed E-state index contributed by atoms with van der Waals surface area (Å²) >= 11 is 12.7. The van der Waals surface area contributed by atoms with Gasteiger partial charge in [0, 0.05) is 12.6 Å². The van der Waals surface area contributed by atoms with Crippen LogP contribution in [0.3, 0.4) is 0 Å². The first-order chi connectivity index (χ1) is 19.0. The van der Waals surface area contributed by atoms with E-state index >= 15 is 0 Å². The molecule has 3 rings (SSSR count). The highest BCUT2D eigenvalue weighted by molar-refractivity contribution is 7.92. The minimum atomic E-state index is -4.25. The maximum Gasteiger partial charge on any atom is 0.264 e. The standard InChI is InChI=1S/C29H33Cl2N3O5S/c1-5-20(2)32-29(36)21(3)33(18-22-11-9-12-23(17-22)39-4)27(35)19-34(26-16-10-15-25(30)28(26)31)40(37,38)24-13-7-6-8-14-24/h6-17,20-21H,5,18-19H2,1-4H3,(H,32,36)/t20-,21+/m1/s1. The molecule has 1 N–H and O–H groups in total. The van der Waals surface area contributed by atoms with E-state index in [9.17, 15) is 18.0 Å². The molecule has 0 aliphatic heterocycles. The lowest BCUT2D eigenvalue weighted by molar-refractivity contribution is -0.139. The van der Waals surface area contributed by atoms with Gasteiger partial charge in [0.15, 0.2) is 0 Å². The number of ether oxygens (including phenoxy) is 1. The molecular formula is C29H33Cl2N3O5S. The van der Waals surface area contributed by atoms with Crippen molar-refractivity contribution in [3.05, 3.63) is 88.4 Å². The molecule has 3 aromatic rings. The van der Waals surface area contributed by atoms with Crippen molar-refractivity contribution in [1.82, 2.24) is 10.2 Å². The minimum absolute atomic E-state index is 0.0154. The molecule has 0 spiro atoms. The molecule has 11 heteroatoms. The zero-order valence-electron chi connectivity index (χ0n) is 22.8. The van der Waals surface area contributed by atoms with Crippen LogP contribution in [0.15, 0.2) is 77.7 Å². The number of hydrogen-bond acceptors (Lipinski definition) is 5. The van der Waals surface area contributed by atoms with Gasteiger partial charge in [0.25, 0.3) is 10.0 Å². The van der Waals surface area contributed by atoms with Crippen molar-refractivity contribution < 1.29 is 22.7 Å². The fourth-order valence-electron chi connectivity index (χ4n) is 3.93. The number of nitrogens with zero attached hydrogens (tertiary/aromatic N) is 2. The lowest BCUT2D eigenvalue weighted by Crippen LogP contribution is -2.52. The highest BCUT2D eigenvalue weighted by atomic mass is 35.5. The molecule has 8 nitrogen and oxygen atoms in total. The summed E-state index contributed by atoms with van der Waals surface area (Å²) in [6.07, 6.45) is 0.707. The van der Waals surface area contributed by atoms with E-state index in [1.807, 2.05) is 13.8 Å². The first-order valence-corrected chi connectivity index (χ1v) is 14.9. The molecule has 0 radical (unpaired) electrons. The number of carbonyl (C=O) groups is 2. The van der Waals surface area contributed by atoms with Crippen molar-refractivity contribution in [1.29, 1.82) is 0 Å². The van der Waals surface area contributed by atoms with Crippen LogP contribution in [0.5, 0.6) is 5.75 Å². The smallest absolute Gasteiger partial charge is 0.264 e. The lowest BCUT2D eigenvalue weighted by Gasteiger charge is -2.32. The van der Waals surface area contributed by atoms with Crippen molar-refractivity contribution >= 4 is 50.7 Å². The molecule has 0 saturated heterocycles. The predicted octanol–water partition coefficient (Wildman–Crippen LogP) is 5.53. The van der Waals surface area contributed by atoms with E-state index < -0.39 is 28.5 Å². The van der Waals surface area contributed by atoms with Crippen LogP contribution in [-0.4, -0.2) is 50.9 Å². The van der Waals surface area contributed by atoms with Crippen LogP contribution >= 0.6 is 23.2 Å². The summed E-state index contributed by atoms with van der Waals surface area (Å²) in [5, 5.41) is 3.02. The van der Waals surface area contributed by atoms with Gasteiger partial charge in [-0.2, -0.15) is 0 Å². The Morgan fingerprint density at radius 2 is 1.65 bits per heavy atom. The van der Waals surface area contributed by atoms with E-state index in [-0.39, 0.29) is 39.1 Å². The van der Waals surface area contributed by atoms with Gasteiger partial charge in [-0.05, 0) is 62.2 Å². The number of carbonyl (C=O) groups excluding carboxylic acids is 2. The molecule has 0 fully saturated rings. The number of amides is 2. The number of anilines is 1. The van der Waals surface area contributed by atoms with Crippen LogP contribution in [0.4, 0.5) is 5.69 Å². The zero-order valence-corrected chi connectivity index (χ0v) is 25.1. The second-order valence-electron chi connectivity index (χ2n) is 9.26. The Labute approximate surface area is 245 Å². The van der Waals surface area contributed by atoms with Crippen LogP contribution < -0.4 is 14.4 Å². The Kier molecular flexibility index (Phi) is 10.8. The van der Waals surface area contributed by atoms with Gasteiger partial charge < -0.3 is 15.0 Å². The SMILES string of the molecule is CC[C@@H](C)NC(=O)[C@H](C)N(Cc1cccc(OC)c1)C(=O)CN(c1cccc(Cl)c1Cl)S(=O)(=O)c1ccccc1. The van der Waals surface area contributed by atoms with Crippen LogP contribution in [0, 0.1) is 0 Å². The minimum Gasteiger partial charge on any atom is -0.497 e. The molecule has 0 bridgehead atoms. The molecule has 2 amide bonds. The molecule has 40 heavy (non-hydrogen) atoms. The van der Waals surface area contributed by atoms with E-state index in [0.717, 1.165) is 4.31 Å². The molecule has 3 aromatic carbocycles. The number of hydrogen-bond donors (Lipinski definition) is 1. The average molecular weight is 607 g/mol. The molecule has 0 saturated carbocycles. The molecule has 0 aromatic heterocycles. The highest BCUT2D eigenvalue weighted by Crippen LogP contribution is 2.35. The quantitative estimate of drug-likeness (QED) is 0.293. The molecule has 2 atom stereocenters. The Morgan fingerprint density at radius 3 is 2.30 bits per heavy atom. The molecule has 0 aliphatic rings. The van der Waals surface area contributed by atoms with Gasteiger partial charge in [-0.3, -0.25) is 13.9 Å². The Morgan fingerprint density at radius 1 is 0.975 bits per heavy atom. The first-order valence-electron chi connectivity index (χ1n) is 12.7. The topological polar surface area (TPSA) is 96.0 Å². The third-order valence-electron chi connectivity index (χ3n) is 6.47. The summed E-state index contributed by atoms with van der Waals surface area (Å²) in [7, 11) is -2.72. The molecular weight excluding hydrogens is 573 g/mol. The highest BCUT2D eigenvalue weighted by Gasteiger charge is 2.34. The molecule has 0 heterocycles. The Hall–Kier alpha value is -3.27. The van der Waals surface area contributed by atoms with Gasteiger partial charge in [0.05, 0.1) is 27.7 Å². The van der Waals surface area contributed by atoms with Crippen LogP contribution in [0.2, 0.25) is 10.0 Å². The van der Waals surface area contributed by atoms with Crippen LogP contribution in [0.25, 0.3) is 0 Å². The van der Waals surface area contributed by atoms with E-state index in [4.69, 9.17) is 27.9 Å². The van der Waals surface area contributed by atoms with Crippen molar-refractivity contribution in [2.24, 2.45) is 0 Å². The van der Waals surface area contributed by atoms with Crippen LogP contribution in [-0.2, 0) is 26.2 Å². The summed E-state index contributed by atoms with van der Waals surface area (Å²) < 4.78 is 33.9. The summed E-state index contributed by atoms with van der Waals surface area (Å²) in [6, 6.07) is 18.4. The summed E-state index contributed by atoms with van der Waals surface area (Å²) in [5.74, 6) is -0.380. The van der Waals surface area contributed by atoms with E-state index in [1.54, 1.807) is 55.5 Å². The van der Waals surface area contributed by atoms with Crippen molar-refractivity contribution in [2.75, 3.05) is 18.0 Å². The number of methoxy groups -OCH3 is 1. The van der Waals surface area contributed by atoms with Gasteiger partial charge in [-0.1, -0.05) is 66.5 Å². The van der Waals surface area contributed by atoms with Gasteiger partial charge in [0.2, 0.25) is 11.8 Å². The maximum absolute atomic E-state index is 14.0. The van der Waals surface area contributed by atoms with E-state index in [2.05, 4.69) is 5.32 Å². The third kappa shape index (κ3) is 7.47. The molecule has 214 valence electrons. The van der Waals surface area contributed by atoms with Crippen molar-refractivity contribution in [2.45, 2.75) is 50.7 Å². The van der Waals surface area contributed by atoms with Crippen molar-refractivity contribution in [3.8, 4) is 5.75 Å². The fourth-order valence-corrected chi connectivity index (χ4v) is 5.83. The predicted molar refractivity (Wildman–Crippen MR) is 158 cm³/mol. The maximum atomic E-state index is 14.0. The number of halogens is 2. The Balaban J connectivity index is 2.06. The second kappa shape index (κ2) is 13.9. The molecule has 0 aliphatic carbocycles. The average Bonchev–Trinajstić information content (AvgIpc) is 2.96. The molecule has 0 unspecified atom stereocenters. The van der Waals surface area contributed by atoms with Gasteiger partial charge >= 0.3 is 0 Å². The number of sulfonamides is 1. The first kappa shape index (κ1) is 31.3. The summed E-state index contributed by atoms with van der Waals surface area (Å²) in [6.45, 7) is 4.83. The Bertz CT molecular complexity index is 1440. The monoisotopic (exact) mass is 605 g/mol. The van der Waals surface area contributed by atoms with Crippen molar-refractivity contribution in [3.63, 3.8) is 0 Å². The fraction of sp³-hybridized carbons (Fsp3) is 0.310. The zero-order chi connectivity index (χ0) is 29.4. The second-order valence-corrected chi connectivity index (χ2v) is 11.9. The number of nitrogens with one attached hydrogen (secondary N) is 1.